The summed E-state index contributed by atoms with van der Waals surface area (Å²) < 4.78 is 0. The van der Waals surface area contributed by atoms with E-state index in [0.717, 1.165) is 11.8 Å². The van der Waals surface area contributed by atoms with E-state index in [-0.39, 0.29) is 0 Å². The first kappa shape index (κ1) is 13.8. The lowest BCUT2D eigenvalue weighted by molar-refractivity contribution is 0.267. The summed E-state index contributed by atoms with van der Waals surface area (Å²) in [6.45, 7) is 11.3. The van der Waals surface area contributed by atoms with Gasteiger partial charge in [-0.2, -0.15) is 0 Å². The van der Waals surface area contributed by atoms with Gasteiger partial charge in [-0.1, -0.05) is 54.9 Å². The Morgan fingerprint density at radius 2 is 1.75 bits per heavy atom. The molecule has 0 fully saturated rings. The number of benzene rings is 1. The number of rotatable bonds is 3. The molecule has 0 aromatic heterocycles. The third-order valence-electron chi connectivity index (χ3n) is 3.46. The Balaban J connectivity index is 2.83. The van der Waals surface area contributed by atoms with Gasteiger partial charge in [0, 0.05) is 5.33 Å². The minimum Gasteiger partial charge on any atom is -0.0925 e. The van der Waals surface area contributed by atoms with Gasteiger partial charge in [0.1, 0.15) is 0 Å². The maximum atomic E-state index is 3.64. The van der Waals surface area contributed by atoms with E-state index < -0.39 is 0 Å². The largest absolute Gasteiger partial charge is 0.0925 e. The molecule has 0 heterocycles. The molecule has 0 N–H and O–H groups in total. The Hall–Kier alpha value is -0.300. The molecule has 0 aliphatic rings. The van der Waals surface area contributed by atoms with Crippen LogP contribution in [0.4, 0.5) is 0 Å². The van der Waals surface area contributed by atoms with Crippen LogP contribution in [0, 0.1) is 25.2 Å². The van der Waals surface area contributed by atoms with Crippen LogP contribution in [0.1, 0.15) is 37.5 Å². The summed E-state index contributed by atoms with van der Waals surface area (Å²) in [7, 11) is 0. The molecular formula is C15H23Br. The SMILES string of the molecule is Cc1ccc(CC(CBr)C(C)(C)C)cc1C. The average molecular weight is 283 g/mol. The van der Waals surface area contributed by atoms with Crippen molar-refractivity contribution >= 4 is 15.9 Å². The van der Waals surface area contributed by atoms with E-state index in [4.69, 9.17) is 0 Å². The van der Waals surface area contributed by atoms with Crippen molar-refractivity contribution in [2.45, 2.75) is 41.0 Å². The number of hydrogen-bond donors (Lipinski definition) is 0. The van der Waals surface area contributed by atoms with Crippen molar-refractivity contribution < 1.29 is 0 Å². The number of hydrogen-bond acceptors (Lipinski definition) is 0. The molecule has 90 valence electrons. The normalized spacial score (nSPS) is 13.9. The first-order chi connectivity index (χ1) is 7.34. The van der Waals surface area contributed by atoms with Gasteiger partial charge in [-0.3, -0.25) is 0 Å². The molecule has 0 radical (unpaired) electrons. The summed E-state index contributed by atoms with van der Waals surface area (Å²) in [5, 5.41) is 1.07. The molecule has 0 saturated heterocycles. The Kier molecular flexibility index (Phi) is 4.61. The molecule has 1 unspecified atom stereocenters. The molecule has 1 aromatic carbocycles. The molecule has 1 atom stereocenters. The fourth-order valence-corrected chi connectivity index (χ4v) is 3.01. The van der Waals surface area contributed by atoms with Gasteiger partial charge in [0.2, 0.25) is 0 Å². The van der Waals surface area contributed by atoms with Crippen molar-refractivity contribution in [1.29, 1.82) is 0 Å². The molecule has 1 heteroatoms. The molecule has 0 aliphatic heterocycles. The van der Waals surface area contributed by atoms with E-state index in [1.807, 2.05) is 0 Å². The zero-order chi connectivity index (χ0) is 12.3. The molecule has 0 amide bonds. The molecule has 0 saturated carbocycles. The smallest absolute Gasteiger partial charge is 0.00678 e. The van der Waals surface area contributed by atoms with Crippen LogP contribution in [0.2, 0.25) is 0 Å². The fourth-order valence-electron chi connectivity index (χ4n) is 1.81. The Morgan fingerprint density at radius 1 is 1.12 bits per heavy atom. The molecule has 1 rings (SSSR count). The Bertz CT molecular complexity index is 347. The van der Waals surface area contributed by atoms with E-state index in [2.05, 4.69) is 68.7 Å². The summed E-state index contributed by atoms with van der Waals surface area (Å²) in [6.07, 6.45) is 1.16. The summed E-state index contributed by atoms with van der Waals surface area (Å²) in [4.78, 5) is 0. The van der Waals surface area contributed by atoms with Crippen molar-refractivity contribution in [3.63, 3.8) is 0 Å². The van der Waals surface area contributed by atoms with Crippen molar-refractivity contribution in [2.75, 3.05) is 5.33 Å². The second-order valence-corrected chi connectivity index (χ2v) is 6.49. The van der Waals surface area contributed by atoms with Gasteiger partial charge in [0.15, 0.2) is 0 Å². The lowest BCUT2D eigenvalue weighted by Crippen LogP contribution is -2.24. The third-order valence-corrected chi connectivity index (χ3v) is 4.25. The standard InChI is InChI=1S/C15H23Br/c1-11-6-7-13(8-12(11)2)9-14(10-16)15(3,4)5/h6-8,14H,9-10H2,1-5H3. The molecule has 0 spiro atoms. The van der Waals surface area contributed by atoms with Crippen molar-refractivity contribution in [3.8, 4) is 0 Å². The topological polar surface area (TPSA) is 0 Å². The van der Waals surface area contributed by atoms with Gasteiger partial charge in [-0.05, 0) is 48.3 Å². The molecule has 0 bridgehead atoms. The lowest BCUT2D eigenvalue weighted by Gasteiger charge is -2.29. The maximum absolute atomic E-state index is 3.64. The second-order valence-electron chi connectivity index (χ2n) is 5.84. The Labute approximate surface area is 109 Å². The van der Waals surface area contributed by atoms with Crippen molar-refractivity contribution in [3.05, 3.63) is 34.9 Å². The quantitative estimate of drug-likeness (QED) is 0.692. The molecule has 16 heavy (non-hydrogen) atoms. The second kappa shape index (κ2) is 5.35. The zero-order valence-electron chi connectivity index (χ0n) is 11.1. The van der Waals surface area contributed by atoms with Gasteiger partial charge >= 0.3 is 0 Å². The van der Waals surface area contributed by atoms with Crippen LogP contribution in [0.25, 0.3) is 0 Å². The lowest BCUT2D eigenvalue weighted by atomic mass is 9.78. The summed E-state index contributed by atoms with van der Waals surface area (Å²) in [6, 6.07) is 6.83. The molecule has 0 aliphatic carbocycles. The summed E-state index contributed by atoms with van der Waals surface area (Å²) >= 11 is 3.64. The van der Waals surface area contributed by atoms with E-state index in [1.165, 1.54) is 16.7 Å². The number of alkyl halides is 1. The number of aryl methyl sites for hydroxylation is 2. The van der Waals surface area contributed by atoms with Crippen molar-refractivity contribution in [2.24, 2.45) is 11.3 Å². The minimum atomic E-state index is 0.363. The van der Waals surface area contributed by atoms with Crippen LogP contribution in [0.5, 0.6) is 0 Å². The van der Waals surface area contributed by atoms with Gasteiger partial charge in [-0.15, -0.1) is 0 Å². The van der Waals surface area contributed by atoms with E-state index in [0.29, 0.717) is 11.3 Å². The highest BCUT2D eigenvalue weighted by molar-refractivity contribution is 9.09. The van der Waals surface area contributed by atoms with E-state index in [9.17, 15) is 0 Å². The first-order valence-electron chi connectivity index (χ1n) is 5.96. The van der Waals surface area contributed by atoms with E-state index >= 15 is 0 Å². The first-order valence-corrected chi connectivity index (χ1v) is 7.09. The zero-order valence-corrected chi connectivity index (χ0v) is 12.7. The van der Waals surface area contributed by atoms with Crippen LogP contribution in [-0.2, 0) is 6.42 Å². The van der Waals surface area contributed by atoms with Crippen molar-refractivity contribution in [1.82, 2.24) is 0 Å². The van der Waals surface area contributed by atoms with Crippen LogP contribution in [0.15, 0.2) is 18.2 Å². The molecular weight excluding hydrogens is 260 g/mol. The van der Waals surface area contributed by atoms with Gasteiger partial charge in [0.05, 0.1) is 0 Å². The highest BCUT2D eigenvalue weighted by atomic mass is 79.9. The van der Waals surface area contributed by atoms with Crippen LogP contribution in [0.3, 0.4) is 0 Å². The predicted octanol–water partition coefficient (Wildman–Crippen LogP) is 4.90. The van der Waals surface area contributed by atoms with Crippen LogP contribution < -0.4 is 0 Å². The minimum absolute atomic E-state index is 0.363. The summed E-state index contributed by atoms with van der Waals surface area (Å²) in [5.41, 5.74) is 4.61. The van der Waals surface area contributed by atoms with Crippen LogP contribution in [-0.4, -0.2) is 5.33 Å². The fraction of sp³-hybridized carbons (Fsp3) is 0.600. The molecule has 0 nitrogen and oxygen atoms in total. The average Bonchev–Trinajstić information content (AvgIpc) is 2.18. The van der Waals surface area contributed by atoms with E-state index in [1.54, 1.807) is 0 Å². The summed E-state index contributed by atoms with van der Waals surface area (Å²) in [5.74, 6) is 0.689. The highest BCUT2D eigenvalue weighted by Crippen LogP contribution is 2.30. The Morgan fingerprint density at radius 3 is 2.19 bits per heavy atom. The highest BCUT2D eigenvalue weighted by Gasteiger charge is 2.23. The molecule has 1 aromatic rings. The van der Waals surface area contributed by atoms with Gasteiger partial charge < -0.3 is 0 Å². The maximum Gasteiger partial charge on any atom is 0.00678 e. The predicted molar refractivity (Wildman–Crippen MR) is 76.4 cm³/mol. The third kappa shape index (κ3) is 3.62. The monoisotopic (exact) mass is 282 g/mol. The van der Waals surface area contributed by atoms with Gasteiger partial charge in [0.25, 0.3) is 0 Å². The number of halogens is 1. The van der Waals surface area contributed by atoms with Crippen LogP contribution >= 0.6 is 15.9 Å². The van der Waals surface area contributed by atoms with Gasteiger partial charge in [-0.25, -0.2) is 0 Å².